The monoisotopic (exact) mass is 345 g/mol. The van der Waals surface area contributed by atoms with Gasteiger partial charge in [-0.3, -0.25) is 0 Å². The van der Waals surface area contributed by atoms with Gasteiger partial charge in [-0.2, -0.15) is 0 Å². The summed E-state index contributed by atoms with van der Waals surface area (Å²) in [7, 11) is 0. The van der Waals surface area contributed by atoms with E-state index < -0.39 is 0 Å². The molecule has 0 spiro atoms. The molecule has 0 unspecified atom stereocenters. The van der Waals surface area contributed by atoms with Gasteiger partial charge in [0, 0.05) is 16.9 Å². The highest BCUT2D eigenvalue weighted by atomic mass is 15.2. The molecule has 4 aromatic rings. The maximum atomic E-state index is 4.83. The summed E-state index contributed by atoms with van der Waals surface area (Å²) in [4.78, 5) is 7.37. The molecule has 0 bridgehead atoms. The van der Waals surface area contributed by atoms with E-state index in [0.717, 1.165) is 18.7 Å². The molecule has 0 fully saturated rings. The Bertz CT molecular complexity index is 1260. The molecule has 0 amide bonds. The van der Waals surface area contributed by atoms with Crippen LogP contribution in [-0.4, -0.2) is 16.4 Å². The van der Waals surface area contributed by atoms with E-state index in [9.17, 15) is 0 Å². The molecule has 126 valence electrons. The fourth-order valence-corrected chi connectivity index (χ4v) is 5.23. The molecule has 4 heterocycles. The van der Waals surface area contributed by atoms with Crippen LogP contribution in [0.4, 0.5) is 11.4 Å². The molecule has 0 saturated carbocycles. The highest BCUT2D eigenvalue weighted by Crippen LogP contribution is 2.46. The van der Waals surface area contributed by atoms with Gasteiger partial charge in [0.25, 0.3) is 0 Å². The Morgan fingerprint density at radius 1 is 0.741 bits per heavy atom. The van der Waals surface area contributed by atoms with E-state index in [1.54, 1.807) is 0 Å². The van der Waals surface area contributed by atoms with E-state index in [1.165, 1.54) is 44.8 Å². The van der Waals surface area contributed by atoms with Gasteiger partial charge in [-0.25, -0.2) is 4.98 Å². The zero-order valence-corrected chi connectivity index (χ0v) is 14.8. The predicted octanol–water partition coefficient (Wildman–Crippen LogP) is 4.02. The summed E-state index contributed by atoms with van der Waals surface area (Å²) in [5, 5.41) is 0. The van der Waals surface area contributed by atoms with Crippen molar-refractivity contribution in [2.24, 2.45) is 0 Å². The number of fused-ring (bicyclic) bond motifs is 6. The van der Waals surface area contributed by atoms with Crippen LogP contribution in [0, 0.1) is 0 Å². The smallest absolute Gasteiger partial charge is 0.361 e. The topological polar surface area (TPSA) is 21.1 Å². The van der Waals surface area contributed by atoms with Crippen LogP contribution in [-0.2, 0) is 12.8 Å². The number of hydrogen-bond donors (Lipinski definition) is 0. The third kappa shape index (κ3) is 1.58. The summed E-state index contributed by atoms with van der Waals surface area (Å²) in [5.41, 5.74) is 10.7. The summed E-state index contributed by atoms with van der Waals surface area (Å²) in [6, 6.07) is 24.4. The Morgan fingerprint density at radius 3 is 2.44 bits per heavy atom. The number of imidazole rings is 1. The number of aromatic nitrogens is 2. The maximum Gasteiger partial charge on any atom is 0.422 e. The van der Waals surface area contributed by atoms with E-state index in [4.69, 9.17) is 4.98 Å². The van der Waals surface area contributed by atoms with Crippen LogP contribution in [0.1, 0.15) is 11.1 Å². The number of hydrogen-bond acceptors (Lipinski definition) is 2. The molecule has 0 atom stereocenters. The van der Waals surface area contributed by atoms with Gasteiger partial charge >= 0.3 is 6.98 Å². The molecule has 4 heteroatoms. The summed E-state index contributed by atoms with van der Waals surface area (Å²) in [6.07, 6.45) is 4.21. The number of para-hydroxylation sites is 2. The van der Waals surface area contributed by atoms with Crippen LogP contribution in [0.5, 0.6) is 0 Å². The van der Waals surface area contributed by atoms with E-state index >= 15 is 0 Å². The molecule has 0 saturated heterocycles. The Balaban J connectivity index is 1.67. The summed E-state index contributed by atoms with van der Waals surface area (Å²) in [5.74, 6) is 1.09. The van der Waals surface area contributed by atoms with Gasteiger partial charge in [0.05, 0.1) is 11.9 Å². The molecule has 0 radical (unpaired) electrons. The molecule has 3 aliphatic heterocycles. The second-order valence-corrected chi connectivity index (χ2v) is 7.60. The van der Waals surface area contributed by atoms with Gasteiger partial charge in [0.2, 0.25) is 0 Å². The number of nitrogens with zero attached hydrogens (tertiary/aromatic N) is 3. The first-order valence-electron chi connectivity index (χ1n) is 9.58. The van der Waals surface area contributed by atoms with Crippen molar-refractivity contribution in [2.45, 2.75) is 12.8 Å². The van der Waals surface area contributed by atoms with Crippen molar-refractivity contribution in [3.8, 4) is 22.6 Å². The normalized spacial score (nSPS) is 15.0. The van der Waals surface area contributed by atoms with Crippen molar-refractivity contribution in [2.75, 3.05) is 4.81 Å². The number of rotatable bonds is 0. The minimum Gasteiger partial charge on any atom is -0.361 e. The molecule has 7 rings (SSSR count). The first kappa shape index (κ1) is 13.9. The molecule has 1 aromatic heterocycles. The first-order valence-corrected chi connectivity index (χ1v) is 9.58. The fourth-order valence-electron chi connectivity index (χ4n) is 5.23. The van der Waals surface area contributed by atoms with E-state index in [0.29, 0.717) is 0 Å². The molecule has 3 nitrogen and oxygen atoms in total. The van der Waals surface area contributed by atoms with Gasteiger partial charge in [0.15, 0.2) is 0 Å². The van der Waals surface area contributed by atoms with E-state index in [-0.39, 0.29) is 6.98 Å². The second kappa shape index (κ2) is 4.71. The van der Waals surface area contributed by atoms with Gasteiger partial charge in [-0.15, -0.1) is 0 Å². The lowest BCUT2D eigenvalue weighted by Crippen LogP contribution is -2.53. The highest BCUT2D eigenvalue weighted by Gasteiger charge is 2.47. The van der Waals surface area contributed by atoms with Crippen LogP contribution in [0.2, 0.25) is 0 Å². The largest absolute Gasteiger partial charge is 0.422 e. The van der Waals surface area contributed by atoms with Crippen molar-refractivity contribution in [1.29, 1.82) is 0 Å². The Hall–Kier alpha value is -3.27. The van der Waals surface area contributed by atoms with E-state index in [1.807, 2.05) is 0 Å². The van der Waals surface area contributed by atoms with Gasteiger partial charge in [0.1, 0.15) is 5.82 Å². The minimum absolute atomic E-state index is 0.153. The molecular weight excluding hydrogens is 329 g/mol. The van der Waals surface area contributed by atoms with E-state index in [2.05, 4.69) is 82.2 Å². The fraction of sp³-hybridized carbons (Fsp3) is 0.0870. The van der Waals surface area contributed by atoms with Crippen molar-refractivity contribution in [1.82, 2.24) is 9.46 Å². The lowest BCUT2D eigenvalue weighted by atomic mass is 9.61. The van der Waals surface area contributed by atoms with Gasteiger partial charge in [-0.05, 0) is 53.2 Å². The molecule has 27 heavy (non-hydrogen) atoms. The molecule has 3 aliphatic rings. The van der Waals surface area contributed by atoms with Crippen molar-refractivity contribution in [3.05, 3.63) is 84.1 Å². The zero-order chi connectivity index (χ0) is 17.5. The molecule has 3 aromatic carbocycles. The first-order chi connectivity index (χ1) is 13.4. The van der Waals surface area contributed by atoms with Crippen molar-refractivity contribution in [3.63, 3.8) is 0 Å². The number of benzene rings is 3. The third-order valence-corrected chi connectivity index (χ3v) is 6.34. The zero-order valence-electron chi connectivity index (χ0n) is 14.8. The number of aryl methyl sites for hydroxylation is 2. The van der Waals surface area contributed by atoms with Crippen LogP contribution < -0.4 is 10.3 Å². The average molecular weight is 345 g/mol. The lowest BCUT2D eigenvalue weighted by molar-refractivity contribution is 0.954. The van der Waals surface area contributed by atoms with Gasteiger partial charge in [-0.1, -0.05) is 48.5 Å². The quantitative estimate of drug-likeness (QED) is 0.449. The van der Waals surface area contributed by atoms with Crippen LogP contribution >= 0.6 is 0 Å². The van der Waals surface area contributed by atoms with Crippen LogP contribution in [0.25, 0.3) is 22.6 Å². The predicted molar refractivity (Wildman–Crippen MR) is 110 cm³/mol. The molecular formula is C23H16BN3. The third-order valence-electron chi connectivity index (χ3n) is 6.34. The van der Waals surface area contributed by atoms with Crippen molar-refractivity contribution < 1.29 is 0 Å². The Labute approximate surface area is 158 Å². The highest BCUT2D eigenvalue weighted by molar-refractivity contribution is 6.81. The number of anilines is 2. The van der Waals surface area contributed by atoms with Gasteiger partial charge < -0.3 is 9.29 Å². The SMILES string of the molecule is c1ccc2c(c1)CCc1cccc3c1B1N2c2ccccc2-c2ncc-3n21. The Kier molecular flexibility index (Phi) is 2.42. The van der Waals surface area contributed by atoms with Crippen LogP contribution in [0.15, 0.2) is 72.9 Å². The summed E-state index contributed by atoms with van der Waals surface area (Å²) < 4.78 is 2.44. The van der Waals surface area contributed by atoms with Crippen LogP contribution in [0.3, 0.4) is 0 Å². The summed E-state index contributed by atoms with van der Waals surface area (Å²) in [6.45, 7) is 0.153. The summed E-state index contributed by atoms with van der Waals surface area (Å²) >= 11 is 0. The van der Waals surface area contributed by atoms with Crippen molar-refractivity contribution >= 4 is 23.8 Å². The molecule has 0 N–H and O–H groups in total. The lowest BCUT2D eigenvalue weighted by Gasteiger charge is -2.39. The second-order valence-electron chi connectivity index (χ2n) is 7.60. The standard InChI is InChI=1S/C23H16BN3/c1-3-10-19-15(6-1)12-13-16-7-5-9-17-21-14-25-23-18-8-2-4-11-20(18)26(19)24(22(16)17)27(21)23/h1-11,14H,12-13H2. The Morgan fingerprint density at radius 2 is 1.48 bits per heavy atom. The average Bonchev–Trinajstić information content (AvgIpc) is 3.28. The maximum absolute atomic E-state index is 4.83. The minimum atomic E-state index is 0.153. The molecule has 0 aliphatic carbocycles.